The zero-order chi connectivity index (χ0) is 16.2. The van der Waals surface area contributed by atoms with Gasteiger partial charge in [-0.05, 0) is 45.0 Å². The highest BCUT2D eigenvalue weighted by Gasteiger charge is 2.16. The van der Waals surface area contributed by atoms with Gasteiger partial charge < -0.3 is 14.6 Å². The summed E-state index contributed by atoms with van der Waals surface area (Å²) in [5, 5.41) is 8.71. The van der Waals surface area contributed by atoms with Gasteiger partial charge in [-0.25, -0.2) is 4.79 Å². The van der Waals surface area contributed by atoms with E-state index in [-0.39, 0.29) is 5.76 Å². The molecule has 0 aliphatic rings. The van der Waals surface area contributed by atoms with Crippen LogP contribution in [0.2, 0.25) is 0 Å². The second kappa shape index (κ2) is 6.30. The van der Waals surface area contributed by atoms with Crippen LogP contribution < -0.4 is 10.6 Å². The van der Waals surface area contributed by atoms with Gasteiger partial charge in [-0.2, -0.15) is 0 Å². The predicted octanol–water partition coefficient (Wildman–Crippen LogP) is 3.27. The van der Waals surface area contributed by atoms with Crippen LogP contribution in [-0.4, -0.2) is 22.8 Å². The Labute approximate surface area is 127 Å². The highest BCUT2D eigenvalue weighted by atomic mass is 16.6. The Balaban J connectivity index is 1.93. The number of amides is 2. The molecule has 0 fully saturated rings. The second-order valence-electron chi connectivity index (χ2n) is 5.54. The first-order chi connectivity index (χ1) is 10.3. The summed E-state index contributed by atoms with van der Waals surface area (Å²) in [6.07, 6.45) is 0.855. The first kappa shape index (κ1) is 15.6. The van der Waals surface area contributed by atoms with Crippen molar-refractivity contribution in [2.45, 2.75) is 26.4 Å². The highest BCUT2D eigenvalue weighted by Crippen LogP contribution is 2.16. The van der Waals surface area contributed by atoms with Crippen molar-refractivity contribution in [2.75, 3.05) is 10.6 Å². The lowest BCUT2D eigenvalue weighted by atomic mass is 10.2. The van der Waals surface area contributed by atoms with Crippen molar-refractivity contribution in [1.29, 1.82) is 0 Å². The molecule has 22 heavy (non-hydrogen) atoms. The zero-order valence-electron chi connectivity index (χ0n) is 12.5. The summed E-state index contributed by atoms with van der Waals surface area (Å²) in [4.78, 5) is 23.4. The maximum Gasteiger partial charge on any atom is 0.412 e. The number of carbonyl (C=O) groups is 2. The van der Waals surface area contributed by atoms with Gasteiger partial charge in [-0.1, -0.05) is 5.16 Å². The third kappa shape index (κ3) is 4.62. The van der Waals surface area contributed by atoms with Crippen LogP contribution in [-0.2, 0) is 4.74 Å². The quantitative estimate of drug-likeness (QED) is 0.907. The fraction of sp³-hybridized carbons (Fsp3) is 0.267. The lowest BCUT2D eigenvalue weighted by Gasteiger charge is -2.19. The summed E-state index contributed by atoms with van der Waals surface area (Å²) in [7, 11) is 0. The maximum atomic E-state index is 11.8. The topological polar surface area (TPSA) is 93.5 Å². The van der Waals surface area contributed by atoms with E-state index in [0.29, 0.717) is 11.4 Å². The van der Waals surface area contributed by atoms with E-state index < -0.39 is 17.6 Å². The van der Waals surface area contributed by atoms with E-state index in [4.69, 9.17) is 9.26 Å². The molecule has 0 saturated heterocycles. The lowest BCUT2D eigenvalue weighted by Crippen LogP contribution is -2.27. The number of hydrogen-bond acceptors (Lipinski definition) is 5. The van der Waals surface area contributed by atoms with E-state index in [1.807, 2.05) is 0 Å². The predicted molar refractivity (Wildman–Crippen MR) is 80.8 cm³/mol. The molecule has 0 aliphatic carbocycles. The Bertz CT molecular complexity index is 642. The number of nitrogens with one attached hydrogen (secondary N) is 2. The van der Waals surface area contributed by atoms with Crippen LogP contribution in [0.3, 0.4) is 0 Å². The summed E-state index contributed by atoms with van der Waals surface area (Å²) >= 11 is 0. The molecule has 7 heteroatoms. The van der Waals surface area contributed by atoms with Gasteiger partial charge in [0.15, 0.2) is 0 Å². The molecule has 116 valence electrons. The molecule has 0 bridgehead atoms. The van der Waals surface area contributed by atoms with Gasteiger partial charge in [0.2, 0.25) is 5.76 Å². The first-order valence-electron chi connectivity index (χ1n) is 6.65. The molecule has 0 unspecified atom stereocenters. The van der Waals surface area contributed by atoms with Gasteiger partial charge in [-0.3, -0.25) is 10.1 Å². The van der Waals surface area contributed by atoms with E-state index in [1.165, 1.54) is 12.3 Å². The molecule has 2 amide bonds. The van der Waals surface area contributed by atoms with Crippen molar-refractivity contribution in [3.63, 3.8) is 0 Å². The number of hydrogen-bond donors (Lipinski definition) is 2. The number of nitrogens with zero attached hydrogens (tertiary/aromatic N) is 1. The Morgan fingerprint density at radius 2 is 1.64 bits per heavy atom. The van der Waals surface area contributed by atoms with E-state index in [2.05, 4.69) is 15.8 Å². The largest absolute Gasteiger partial charge is 0.444 e. The van der Waals surface area contributed by atoms with E-state index in [1.54, 1.807) is 45.0 Å². The summed E-state index contributed by atoms with van der Waals surface area (Å²) in [5.74, 6) is -0.277. The number of ether oxygens (including phenoxy) is 1. The molecule has 1 aromatic heterocycles. The van der Waals surface area contributed by atoms with Gasteiger partial charge >= 0.3 is 6.09 Å². The molecular formula is C15H17N3O4. The number of carbonyl (C=O) groups excluding carboxylic acids is 2. The molecule has 0 radical (unpaired) electrons. The third-order valence-electron chi connectivity index (χ3n) is 2.45. The van der Waals surface area contributed by atoms with Crippen molar-refractivity contribution in [1.82, 2.24) is 5.16 Å². The van der Waals surface area contributed by atoms with Crippen molar-refractivity contribution < 1.29 is 18.8 Å². The van der Waals surface area contributed by atoms with Gasteiger partial charge in [0.05, 0.1) is 6.20 Å². The Kier molecular flexibility index (Phi) is 4.45. The maximum absolute atomic E-state index is 11.8. The van der Waals surface area contributed by atoms with Crippen LogP contribution in [0.15, 0.2) is 41.1 Å². The molecule has 7 nitrogen and oxygen atoms in total. The minimum atomic E-state index is -0.560. The van der Waals surface area contributed by atoms with Crippen LogP contribution in [0, 0.1) is 0 Å². The van der Waals surface area contributed by atoms with E-state index >= 15 is 0 Å². The Morgan fingerprint density at radius 1 is 1.05 bits per heavy atom. The standard InChI is InChI=1S/C15H17N3O4/c1-15(2,3)21-14(20)18-11-6-4-10(5-7-11)17-13(19)12-8-9-16-22-12/h4-9H,1-3H3,(H,17,19)(H,18,20). The molecule has 0 saturated carbocycles. The summed E-state index contributed by atoms with van der Waals surface area (Å²) in [5.41, 5.74) is 0.567. The number of benzene rings is 1. The molecular weight excluding hydrogens is 286 g/mol. The Morgan fingerprint density at radius 3 is 2.14 bits per heavy atom. The van der Waals surface area contributed by atoms with Crippen molar-refractivity contribution in [3.8, 4) is 0 Å². The monoisotopic (exact) mass is 303 g/mol. The van der Waals surface area contributed by atoms with E-state index in [9.17, 15) is 9.59 Å². The SMILES string of the molecule is CC(C)(C)OC(=O)Nc1ccc(NC(=O)c2ccno2)cc1. The minimum absolute atomic E-state index is 0.121. The third-order valence-corrected chi connectivity index (χ3v) is 2.45. The average Bonchev–Trinajstić information content (AvgIpc) is 2.92. The summed E-state index contributed by atoms with van der Waals surface area (Å²) in [6.45, 7) is 5.36. The molecule has 1 heterocycles. The van der Waals surface area contributed by atoms with Crippen LogP contribution >= 0.6 is 0 Å². The fourth-order valence-electron chi connectivity index (χ4n) is 1.58. The minimum Gasteiger partial charge on any atom is -0.444 e. The Hall–Kier alpha value is -2.83. The van der Waals surface area contributed by atoms with Gasteiger partial charge in [-0.15, -0.1) is 0 Å². The van der Waals surface area contributed by atoms with Crippen LogP contribution in [0.4, 0.5) is 16.2 Å². The van der Waals surface area contributed by atoms with Crippen molar-refractivity contribution in [2.24, 2.45) is 0 Å². The number of rotatable bonds is 3. The molecule has 2 rings (SSSR count). The molecule has 0 atom stereocenters. The smallest absolute Gasteiger partial charge is 0.412 e. The molecule has 0 aliphatic heterocycles. The van der Waals surface area contributed by atoms with Crippen LogP contribution in [0.1, 0.15) is 31.3 Å². The van der Waals surface area contributed by atoms with E-state index in [0.717, 1.165) is 0 Å². The normalized spacial score (nSPS) is 10.9. The zero-order valence-corrected chi connectivity index (χ0v) is 12.5. The molecule has 2 N–H and O–H groups in total. The summed E-state index contributed by atoms with van der Waals surface area (Å²) in [6, 6.07) is 8.08. The van der Waals surface area contributed by atoms with Gasteiger partial charge in [0, 0.05) is 17.4 Å². The van der Waals surface area contributed by atoms with Crippen LogP contribution in [0.25, 0.3) is 0 Å². The summed E-state index contributed by atoms with van der Waals surface area (Å²) < 4.78 is 9.90. The average molecular weight is 303 g/mol. The number of anilines is 2. The van der Waals surface area contributed by atoms with Crippen LogP contribution in [0.5, 0.6) is 0 Å². The molecule has 0 spiro atoms. The second-order valence-corrected chi connectivity index (χ2v) is 5.54. The molecule has 1 aromatic carbocycles. The first-order valence-corrected chi connectivity index (χ1v) is 6.65. The lowest BCUT2D eigenvalue weighted by molar-refractivity contribution is 0.0635. The van der Waals surface area contributed by atoms with Crippen molar-refractivity contribution in [3.05, 3.63) is 42.3 Å². The highest BCUT2D eigenvalue weighted by molar-refractivity contribution is 6.02. The van der Waals surface area contributed by atoms with Crippen molar-refractivity contribution >= 4 is 23.4 Å². The molecule has 2 aromatic rings. The van der Waals surface area contributed by atoms with Gasteiger partial charge in [0.1, 0.15) is 5.60 Å². The van der Waals surface area contributed by atoms with Gasteiger partial charge in [0.25, 0.3) is 5.91 Å². The number of aromatic nitrogens is 1. The fourth-order valence-corrected chi connectivity index (χ4v) is 1.58.